The Morgan fingerprint density at radius 1 is 1.12 bits per heavy atom. The molecular formula is C15H26N2. The van der Waals surface area contributed by atoms with Crippen molar-refractivity contribution in [2.45, 2.75) is 39.7 Å². The first-order valence-corrected chi connectivity index (χ1v) is 6.77. The van der Waals surface area contributed by atoms with Crippen LogP contribution in [-0.2, 0) is 0 Å². The molecule has 0 atom stereocenters. The maximum absolute atomic E-state index is 3.46. The second-order valence-corrected chi connectivity index (χ2v) is 4.73. The van der Waals surface area contributed by atoms with Gasteiger partial charge in [0.2, 0.25) is 0 Å². The van der Waals surface area contributed by atoms with Crippen LogP contribution in [-0.4, -0.2) is 25.7 Å². The van der Waals surface area contributed by atoms with E-state index in [0.29, 0.717) is 6.04 Å². The number of unbranched alkanes of at least 4 members (excludes halogenated alkanes) is 1. The second kappa shape index (κ2) is 8.13. The number of rotatable bonds is 8. The summed E-state index contributed by atoms with van der Waals surface area (Å²) in [6.45, 7) is 9.98. The summed E-state index contributed by atoms with van der Waals surface area (Å²) in [6.07, 6.45) is 2.50. The fraction of sp³-hybridized carbons (Fsp3) is 0.600. The molecule has 0 bridgehead atoms. The van der Waals surface area contributed by atoms with Crippen LogP contribution in [0.15, 0.2) is 30.3 Å². The van der Waals surface area contributed by atoms with Crippen LogP contribution in [0.3, 0.4) is 0 Å². The molecule has 0 radical (unpaired) electrons. The van der Waals surface area contributed by atoms with Crippen LogP contribution < -0.4 is 10.2 Å². The van der Waals surface area contributed by atoms with Gasteiger partial charge in [-0.15, -0.1) is 0 Å². The van der Waals surface area contributed by atoms with Crippen molar-refractivity contribution in [1.82, 2.24) is 5.32 Å². The fourth-order valence-electron chi connectivity index (χ4n) is 1.93. The van der Waals surface area contributed by atoms with Crippen molar-refractivity contribution in [2.24, 2.45) is 0 Å². The maximum Gasteiger partial charge on any atom is 0.0366 e. The number of nitrogens with one attached hydrogen (secondary N) is 1. The highest BCUT2D eigenvalue weighted by atomic mass is 15.1. The minimum Gasteiger partial charge on any atom is -0.372 e. The number of anilines is 1. The Kier molecular flexibility index (Phi) is 6.71. The maximum atomic E-state index is 3.46. The minimum absolute atomic E-state index is 0.603. The lowest BCUT2D eigenvalue weighted by Crippen LogP contribution is -2.27. The van der Waals surface area contributed by atoms with E-state index in [-0.39, 0.29) is 0 Å². The minimum atomic E-state index is 0.603. The third-order valence-electron chi connectivity index (χ3n) is 2.91. The van der Waals surface area contributed by atoms with Gasteiger partial charge in [-0.05, 0) is 38.4 Å². The van der Waals surface area contributed by atoms with E-state index in [1.807, 2.05) is 0 Å². The lowest BCUT2D eigenvalue weighted by atomic mass is 10.2. The predicted octanol–water partition coefficient (Wildman–Crippen LogP) is 3.29. The number of nitrogens with zero attached hydrogens (tertiary/aromatic N) is 1. The summed E-state index contributed by atoms with van der Waals surface area (Å²) in [5, 5.41) is 3.46. The molecule has 0 saturated carbocycles. The molecule has 1 aromatic carbocycles. The first-order chi connectivity index (χ1) is 8.24. The number of para-hydroxylation sites is 1. The van der Waals surface area contributed by atoms with Gasteiger partial charge in [0.25, 0.3) is 0 Å². The van der Waals surface area contributed by atoms with Gasteiger partial charge in [-0.3, -0.25) is 0 Å². The molecule has 0 fully saturated rings. The largest absolute Gasteiger partial charge is 0.372 e. The van der Waals surface area contributed by atoms with Crippen molar-refractivity contribution in [1.29, 1.82) is 0 Å². The van der Waals surface area contributed by atoms with Crippen molar-refractivity contribution in [2.75, 3.05) is 24.5 Å². The third kappa shape index (κ3) is 5.73. The molecule has 0 aliphatic heterocycles. The Morgan fingerprint density at radius 3 is 2.41 bits per heavy atom. The van der Waals surface area contributed by atoms with Crippen LogP contribution in [0.5, 0.6) is 0 Å². The van der Waals surface area contributed by atoms with Crippen molar-refractivity contribution in [3.05, 3.63) is 30.3 Å². The fourth-order valence-corrected chi connectivity index (χ4v) is 1.93. The Bertz CT molecular complexity index is 282. The molecule has 0 amide bonds. The molecule has 0 aromatic heterocycles. The van der Waals surface area contributed by atoms with Gasteiger partial charge in [0.05, 0.1) is 0 Å². The monoisotopic (exact) mass is 234 g/mol. The average molecular weight is 234 g/mol. The summed E-state index contributed by atoms with van der Waals surface area (Å²) in [6, 6.07) is 11.3. The molecule has 0 unspecified atom stereocenters. The molecule has 2 nitrogen and oxygen atoms in total. The number of benzene rings is 1. The molecule has 1 N–H and O–H groups in total. The summed E-state index contributed by atoms with van der Waals surface area (Å²) in [7, 11) is 0. The summed E-state index contributed by atoms with van der Waals surface area (Å²) in [5.74, 6) is 0. The molecule has 0 heterocycles. The van der Waals surface area contributed by atoms with E-state index in [4.69, 9.17) is 0 Å². The van der Waals surface area contributed by atoms with Gasteiger partial charge >= 0.3 is 0 Å². The molecule has 1 rings (SSSR count). The standard InChI is InChI=1S/C15H26N2/c1-4-17(15-10-6-5-7-11-15)13-9-8-12-16-14(2)3/h5-7,10-11,14,16H,4,8-9,12-13H2,1-3H3. The molecule has 96 valence electrons. The van der Waals surface area contributed by atoms with Gasteiger partial charge < -0.3 is 10.2 Å². The van der Waals surface area contributed by atoms with Gasteiger partial charge in [-0.2, -0.15) is 0 Å². The van der Waals surface area contributed by atoms with Crippen LogP contribution in [0.2, 0.25) is 0 Å². The van der Waals surface area contributed by atoms with E-state index in [2.05, 4.69) is 61.3 Å². The van der Waals surface area contributed by atoms with Crippen molar-refractivity contribution in [3.8, 4) is 0 Å². The van der Waals surface area contributed by atoms with E-state index in [1.165, 1.54) is 18.5 Å². The highest BCUT2D eigenvalue weighted by Gasteiger charge is 2.02. The molecular weight excluding hydrogens is 208 g/mol. The zero-order chi connectivity index (χ0) is 12.5. The van der Waals surface area contributed by atoms with Crippen LogP contribution in [0.4, 0.5) is 5.69 Å². The zero-order valence-electron chi connectivity index (χ0n) is 11.4. The van der Waals surface area contributed by atoms with E-state index >= 15 is 0 Å². The first kappa shape index (κ1) is 14.0. The molecule has 2 heteroatoms. The summed E-state index contributed by atoms with van der Waals surface area (Å²) < 4.78 is 0. The lowest BCUT2D eigenvalue weighted by molar-refractivity contribution is 0.555. The first-order valence-electron chi connectivity index (χ1n) is 6.77. The Morgan fingerprint density at radius 2 is 1.82 bits per heavy atom. The topological polar surface area (TPSA) is 15.3 Å². The third-order valence-corrected chi connectivity index (χ3v) is 2.91. The Balaban J connectivity index is 2.24. The highest BCUT2D eigenvalue weighted by molar-refractivity contribution is 5.45. The van der Waals surface area contributed by atoms with Crippen molar-refractivity contribution in [3.63, 3.8) is 0 Å². The van der Waals surface area contributed by atoms with Crippen molar-refractivity contribution >= 4 is 5.69 Å². The molecule has 1 aromatic rings. The normalized spacial score (nSPS) is 10.8. The van der Waals surface area contributed by atoms with Crippen LogP contribution in [0, 0.1) is 0 Å². The van der Waals surface area contributed by atoms with Gasteiger partial charge in [0, 0.05) is 24.8 Å². The van der Waals surface area contributed by atoms with Crippen LogP contribution >= 0.6 is 0 Å². The van der Waals surface area contributed by atoms with E-state index < -0.39 is 0 Å². The van der Waals surface area contributed by atoms with Gasteiger partial charge in [0.1, 0.15) is 0 Å². The van der Waals surface area contributed by atoms with E-state index in [1.54, 1.807) is 0 Å². The van der Waals surface area contributed by atoms with Gasteiger partial charge in [0.15, 0.2) is 0 Å². The second-order valence-electron chi connectivity index (χ2n) is 4.73. The number of hydrogen-bond donors (Lipinski definition) is 1. The Hall–Kier alpha value is -1.02. The molecule has 17 heavy (non-hydrogen) atoms. The molecule has 0 aliphatic rings. The lowest BCUT2D eigenvalue weighted by Gasteiger charge is -2.23. The zero-order valence-corrected chi connectivity index (χ0v) is 11.4. The van der Waals surface area contributed by atoms with Crippen LogP contribution in [0.1, 0.15) is 33.6 Å². The summed E-state index contributed by atoms with van der Waals surface area (Å²) >= 11 is 0. The quantitative estimate of drug-likeness (QED) is 0.694. The number of hydrogen-bond acceptors (Lipinski definition) is 2. The molecule has 0 aliphatic carbocycles. The predicted molar refractivity (Wildman–Crippen MR) is 76.7 cm³/mol. The van der Waals surface area contributed by atoms with Gasteiger partial charge in [-0.1, -0.05) is 32.0 Å². The smallest absolute Gasteiger partial charge is 0.0366 e. The van der Waals surface area contributed by atoms with E-state index in [0.717, 1.165) is 19.6 Å². The summed E-state index contributed by atoms with van der Waals surface area (Å²) in [4.78, 5) is 2.44. The van der Waals surface area contributed by atoms with E-state index in [9.17, 15) is 0 Å². The average Bonchev–Trinajstić information content (AvgIpc) is 2.34. The van der Waals surface area contributed by atoms with Gasteiger partial charge in [-0.25, -0.2) is 0 Å². The Labute approximate surface area is 106 Å². The summed E-state index contributed by atoms with van der Waals surface area (Å²) in [5.41, 5.74) is 1.34. The van der Waals surface area contributed by atoms with Crippen molar-refractivity contribution < 1.29 is 0 Å². The molecule has 0 saturated heterocycles. The highest BCUT2D eigenvalue weighted by Crippen LogP contribution is 2.13. The SMILES string of the molecule is CCN(CCCCNC(C)C)c1ccccc1. The molecule has 0 spiro atoms. The van der Waals surface area contributed by atoms with Crippen LogP contribution in [0.25, 0.3) is 0 Å².